The van der Waals surface area contributed by atoms with Crippen molar-refractivity contribution in [1.82, 2.24) is 15.1 Å². The third-order valence-corrected chi connectivity index (χ3v) is 3.66. The maximum Gasteiger partial charge on any atom is 0.0489 e. The van der Waals surface area contributed by atoms with Gasteiger partial charge >= 0.3 is 0 Å². The van der Waals surface area contributed by atoms with Gasteiger partial charge < -0.3 is 5.32 Å². The number of hydrogen-bond donors (Lipinski definition) is 1. The van der Waals surface area contributed by atoms with E-state index < -0.39 is 0 Å². The lowest BCUT2D eigenvalue weighted by Crippen LogP contribution is -2.34. The lowest BCUT2D eigenvalue weighted by atomic mass is 10.0. The number of nitrogens with one attached hydrogen (secondary N) is 1. The van der Waals surface area contributed by atoms with Crippen LogP contribution >= 0.6 is 0 Å². The van der Waals surface area contributed by atoms with Crippen molar-refractivity contribution < 1.29 is 0 Å². The molecule has 1 fully saturated rings. The van der Waals surface area contributed by atoms with Crippen molar-refractivity contribution in [1.29, 1.82) is 0 Å². The summed E-state index contributed by atoms with van der Waals surface area (Å²) in [6.45, 7) is 6.79. The Bertz CT molecular complexity index is 288. The molecular formula is C12H21N3. The zero-order valence-electron chi connectivity index (χ0n) is 9.74. The molecule has 1 unspecified atom stereocenters. The van der Waals surface area contributed by atoms with Crippen LogP contribution in [0.5, 0.6) is 0 Å². The number of aryl methyl sites for hydroxylation is 1. The summed E-state index contributed by atoms with van der Waals surface area (Å²) in [6, 6.07) is 2.64. The summed E-state index contributed by atoms with van der Waals surface area (Å²) < 4.78 is 1.99. The molecule has 0 aliphatic heterocycles. The lowest BCUT2D eigenvalue weighted by Gasteiger charge is -2.20. The number of nitrogens with zero attached hydrogens (tertiary/aromatic N) is 2. The van der Waals surface area contributed by atoms with E-state index in [-0.39, 0.29) is 0 Å². The Hall–Kier alpha value is -0.830. The third kappa shape index (κ3) is 2.81. The Morgan fingerprint density at radius 2 is 2.33 bits per heavy atom. The Morgan fingerprint density at radius 1 is 1.53 bits per heavy atom. The molecule has 1 heterocycles. The predicted molar refractivity (Wildman–Crippen MR) is 61.6 cm³/mol. The van der Waals surface area contributed by atoms with Gasteiger partial charge in [-0.05, 0) is 44.2 Å². The molecule has 1 aliphatic rings. The van der Waals surface area contributed by atoms with Crippen molar-refractivity contribution in [3.8, 4) is 0 Å². The van der Waals surface area contributed by atoms with Gasteiger partial charge in [0, 0.05) is 25.0 Å². The fourth-order valence-electron chi connectivity index (χ4n) is 1.87. The molecule has 0 spiro atoms. The van der Waals surface area contributed by atoms with E-state index in [1.165, 1.54) is 12.8 Å². The minimum absolute atomic E-state index is 0.589. The third-order valence-electron chi connectivity index (χ3n) is 3.66. The average Bonchev–Trinajstić information content (AvgIpc) is 2.80. The van der Waals surface area contributed by atoms with Gasteiger partial charge in [-0.15, -0.1) is 0 Å². The summed E-state index contributed by atoms with van der Waals surface area (Å²) in [5.41, 5.74) is 0.589. The summed E-state index contributed by atoms with van der Waals surface area (Å²) in [6.07, 6.45) is 7.79. The fourth-order valence-corrected chi connectivity index (χ4v) is 1.87. The normalized spacial score (nSPS) is 20.1. The van der Waals surface area contributed by atoms with Crippen LogP contribution in [0.2, 0.25) is 0 Å². The van der Waals surface area contributed by atoms with E-state index in [1.807, 2.05) is 23.1 Å². The standard InChI is InChI=1S/C12H21N3/c1-11(12(2)5-6-12)13-7-3-9-15-10-4-8-14-15/h4,8,10-11,13H,3,5-7,9H2,1-2H3. The summed E-state index contributed by atoms with van der Waals surface area (Å²) in [5.74, 6) is 0. The van der Waals surface area contributed by atoms with Crippen LogP contribution in [0.25, 0.3) is 0 Å². The van der Waals surface area contributed by atoms with Crippen LogP contribution < -0.4 is 5.32 Å². The van der Waals surface area contributed by atoms with E-state index in [0.717, 1.165) is 19.5 Å². The Labute approximate surface area is 91.9 Å². The maximum absolute atomic E-state index is 4.18. The van der Waals surface area contributed by atoms with Gasteiger partial charge in [0.15, 0.2) is 0 Å². The molecule has 0 saturated heterocycles. The molecule has 1 aromatic heterocycles. The second kappa shape index (κ2) is 4.35. The Kier molecular flexibility index (Phi) is 3.10. The van der Waals surface area contributed by atoms with Crippen LogP contribution in [0, 0.1) is 5.41 Å². The molecule has 15 heavy (non-hydrogen) atoms. The average molecular weight is 207 g/mol. The minimum atomic E-state index is 0.589. The monoisotopic (exact) mass is 207 g/mol. The number of rotatable bonds is 6. The molecule has 0 radical (unpaired) electrons. The van der Waals surface area contributed by atoms with Crippen molar-refractivity contribution >= 4 is 0 Å². The number of aromatic nitrogens is 2. The van der Waals surface area contributed by atoms with Crippen LogP contribution in [0.1, 0.15) is 33.1 Å². The second-order valence-electron chi connectivity index (χ2n) is 4.95. The zero-order valence-corrected chi connectivity index (χ0v) is 9.74. The highest BCUT2D eigenvalue weighted by Crippen LogP contribution is 2.47. The van der Waals surface area contributed by atoms with Gasteiger partial charge in [-0.2, -0.15) is 5.10 Å². The minimum Gasteiger partial charge on any atom is -0.314 e. The highest BCUT2D eigenvalue weighted by molar-refractivity contribution is 4.96. The molecule has 0 amide bonds. The smallest absolute Gasteiger partial charge is 0.0489 e. The van der Waals surface area contributed by atoms with E-state index >= 15 is 0 Å². The number of hydrogen-bond acceptors (Lipinski definition) is 2. The largest absolute Gasteiger partial charge is 0.314 e. The lowest BCUT2D eigenvalue weighted by molar-refractivity contribution is 0.373. The SMILES string of the molecule is CC(NCCCn1cccn1)C1(C)CC1. The Balaban J connectivity index is 1.59. The molecule has 84 valence electrons. The van der Waals surface area contributed by atoms with Gasteiger partial charge in [0.1, 0.15) is 0 Å². The first-order valence-electron chi connectivity index (χ1n) is 5.91. The highest BCUT2D eigenvalue weighted by atomic mass is 15.3. The first kappa shape index (κ1) is 10.7. The van der Waals surface area contributed by atoms with Crippen LogP contribution in [-0.2, 0) is 6.54 Å². The predicted octanol–water partition coefficient (Wildman–Crippen LogP) is 2.05. The molecule has 1 aromatic rings. The van der Waals surface area contributed by atoms with Gasteiger partial charge in [-0.1, -0.05) is 6.92 Å². The summed E-state index contributed by atoms with van der Waals surface area (Å²) in [4.78, 5) is 0. The molecule has 1 atom stereocenters. The van der Waals surface area contributed by atoms with Gasteiger partial charge in [-0.3, -0.25) is 4.68 Å². The van der Waals surface area contributed by atoms with Crippen molar-refractivity contribution in [2.45, 2.75) is 45.7 Å². The molecule has 1 saturated carbocycles. The van der Waals surface area contributed by atoms with Gasteiger partial charge in [0.05, 0.1) is 0 Å². The molecule has 3 nitrogen and oxygen atoms in total. The quantitative estimate of drug-likeness (QED) is 0.724. The highest BCUT2D eigenvalue weighted by Gasteiger charge is 2.41. The van der Waals surface area contributed by atoms with Gasteiger partial charge in [0.25, 0.3) is 0 Å². The van der Waals surface area contributed by atoms with Crippen molar-refractivity contribution in [3.05, 3.63) is 18.5 Å². The van der Waals surface area contributed by atoms with E-state index in [4.69, 9.17) is 0 Å². The van der Waals surface area contributed by atoms with Crippen molar-refractivity contribution in [2.75, 3.05) is 6.54 Å². The van der Waals surface area contributed by atoms with Crippen LogP contribution in [-0.4, -0.2) is 22.4 Å². The first-order chi connectivity index (χ1) is 7.21. The Morgan fingerprint density at radius 3 is 2.93 bits per heavy atom. The van der Waals surface area contributed by atoms with Crippen LogP contribution in [0.15, 0.2) is 18.5 Å². The summed E-state index contributed by atoms with van der Waals surface area (Å²) in [7, 11) is 0. The molecule has 1 N–H and O–H groups in total. The maximum atomic E-state index is 4.18. The van der Waals surface area contributed by atoms with Crippen molar-refractivity contribution in [2.24, 2.45) is 5.41 Å². The van der Waals surface area contributed by atoms with E-state index in [1.54, 1.807) is 0 Å². The zero-order chi connectivity index (χ0) is 10.7. The first-order valence-corrected chi connectivity index (χ1v) is 5.91. The molecule has 2 rings (SSSR count). The molecule has 0 aromatic carbocycles. The molecular weight excluding hydrogens is 186 g/mol. The molecule has 1 aliphatic carbocycles. The second-order valence-corrected chi connectivity index (χ2v) is 4.95. The van der Waals surface area contributed by atoms with Crippen molar-refractivity contribution in [3.63, 3.8) is 0 Å². The van der Waals surface area contributed by atoms with Crippen LogP contribution in [0.3, 0.4) is 0 Å². The van der Waals surface area contributed by atoms with E-state index in [0.29, 0.717) is 11.5 Å². The van der Waals surface area contributed by atoms with E-state index in [9.17, 15) is 0 Å². The molecule has 0 bridgehead atoms. The fraction of sp³-hybridized carbons (Fsp3) is 0.750. The molecule has 3 heteroatoms. The summed E-state index contributed by atoms with van der Waals surface area (Å²) in [5, 5.41) is 7.79. The van der Waals surface area contributed by atoms with E-state index in [2.05, 4.69) is 24.3 Å². The van der Waals surface area contributed by atoms with Gasteiger partial charge in [-0.25, -0.2) is 0 Å². The van der Waals surface area contributed by atoms with Crippen LogP contribution in [0.4, 0.5) is 0 Å². The topological polar surface area (TPSA) is 29.9 Å². The van der Waals surface area contributed by atoms with Gasteiger partial charge in [0.2, 0.25) is 0 Å². The summed E-state index contributed by atoms with van der Waals surface area (Å²) >= 11 is 0.